The number of aromatic nitrogens is 3. The van der Waals surface area contributed by atoms with Gasteiger partial charge in [-0.3, -0.25) is 9.48 Å². The minimum atomic E-state index is -0.0807. The van der Waals surface area contributed by atoms with E-state index in [4.69, 9.17) is 0 Å². The Bertz CT molecular complexity index is 575. The van der Waals surface area contributed by atoms with E-state index in [1.165, 1.54) is 11.3 Å². The monoisotopic (exact) mass is 276 g/mol. The van der Waals surface area contributed by atoms with Gasteiger partial charge >= 0.3 is 0 Å². The van der Waals surface area contributed by atoms with Crippen molar-refractivity contribution in [2.24, 2.45) is 5.92 Å². The van der Waals surface area contributed by atoms with Crippen molar-refractivity contribution >= 4 is 22.4 Å². The Morgan fingerprint density at radius 3 is 3.32 bits per heavy atom. The smallest absolute Gasteiger partial charge is 0.247 e. The molecule has 19 heavy (non-hydrogen) atoms. The molecule has 5 nitrogen and oxygen atoms in total. The molecule has 1 atom stereocenters. The lowest BCUT2D eigenvalue weighted by Gasteiger charge is -2.15. The van der Waals surface area contributed by atoms with Gasteiger partial charge in [0.25, 0.3) is 0 Å². The molecular formula is C13H16N4OS. The first kappa shape index (κ1) is 12.3. The number of carbonyl (C=O) groups is 1. The van der Waals surface area contributed by atoms with E-state index < -0.39 is 0 Å². The van der Waals surface area contributed by atoms with Gasteiger partial charge in [0.2, 0.25) is 5.91 Å². The molecule has 0 saturated carbocycles. The van der Waals surface area contributed by atoms with Crippen LogP contribution in [0.3, 0.4) is 0 Å². The van der Waals surface area contributed by atoms with Crippen LogP contribution in [0, 0.1) is 5.92 Å². The molecule has 0 bridgehead atoms. The van der Waals surface area contributed by atoms with Gasteiger partial charge in [0.15, 0.2) is 5.13 Å². The Morgan fingerprint density at radius 1 is 1.63 bits per heavy atom. The summed E-state index contributed by atoms with van der Waals surface area (Å²) in [5.41, 5.74) is 1.16. The third-order valence-corrected chi connectivity index (χ3v) is 4.33. The topological polar surface area (TPSA) is 59.8 Å². The number of carbonyl (C=O) groups excluding carboxylic acids is 1. The van der Waals surface area contributed by atoms with Crippen LogP contribution in [0.2, 0.25) is 0 Å². The number of fused-ring (bicyclic) bond motifs is 1. The number of rotatable bonds is 3. The zero-order chi connectivity index (χ0) is 13.2. The van der Waals surface area contributed by atoms with E-state index in [1.807, 2.05) is 0 Å². The number of hydrogen-bond donors (Lipinski definition) is 1. The van der Waals surface area contributed by atoms with E-state index in [1.54, 1.807) is 34.5 Å². The zero-order valence-electron chi connectivity index (χ0n) is 10.8. The van der Waals surface area contributed by atoms with Crippen LogP contribution in [0.1, 0.15) is 23.9 Å². The average molecular weight is 276 g/mol. The zero-order valence-corrected chi connectivity index (χ0v) is 11.6. The molecule has 1 aliphatic carbocycles. The maximum Gasteiger partial charge on any atom is 0.247 e. The number of thiazole rings is 1. The van der Waals surface area contributed by atoms with Crippen molar-refractivity contribution in [3.05, 3.63) is 29.0 Å². The van der Waals surface area contributed by atoms with Gasteiger partial charge in [-0.1, -0.05) is 6.92 Å². The number of hydrogen-bond acceptors (Lipinski definition) is 4. The van der Waals surface area contributed by atoms with E-state index >= 15 is 0 Å². The number of nitrogens with zero attached hydrogens (tertiary/aromatic N) is 3. The Labute approximate surface area is 115 Å². The van der Waals surface area contributed by atoms with Crippen molar-refractivity contribution in [3.8, 4) is 0 Å². The molecule has 0 aromatic carbocycles. The fourth-order valence-electron chi connectivity index (χ4n) is 2.29. The molecule has 0 unspecified atom stereocenters. The standard InChI is InChI=1S/C13H16N4OS/c1-9-3-4-10-11(7-9)19-13(15-10)16-12(18)8-17-6-2-5-14-17/h2,5-6,9H,3-4,7-8H2,1H3,(H,15,16,18)/t9-/m1/s1. The second kappa shape index (κ2) is 5.13. The molecule has 0 radical (unpaired) electrons. The van der Waals surface area contributed by atoms with E-state index in [-0.39, 0.29) is 12.5 Å². The third-order valence-electron chi connectivity index (χ3n) is 3.30. The molecule has 2 aromatic heterocycles. The Morgan fingerprint density at radius 2 is 2.53 bits per heavy atom. The highest BCUT2D eigenvalue weighted by Crippen LogP contribution is 2.31. The second-order valence-electron chi connectivity index (χ2n) is 4.99. The summed E-state index contributed by atoms with van der Waals surface area (Å²) in [4.78, 5) is 17.7. The SMILES string of the molecule is C[C@@H]1CCc2nc(NC(=O)Cn3cccn3)sc2C1. The van der Waals surface area contributed by atoms with Crippen LogP contribution in [0.25, 0.3) is 0 Å². The van der Waals surface area contributed by atoms with Crippen LogP contribution >= 0.6 is 11.3 Å². The minimum absolute atomic E-state index is 0.0807. The summed E-state index contributed by atoms with van der Waals surface area (Å²) >= 11 is 1.61. The van der Waals surface area contributed by atoms with Crippen LogP contribution < -0.4 is 5.32 Å². The highest BCUT2D eigenvalue weighted by Gasteiger charge is 2.20. The van der Waals surface area contributed by atoms with Crippen LogP contribution in [-0.2, 0) is 24.2 Å². The normalized spacial score (nSPS) is 18.1. The maximum absolute atomic E-state index is 11.9. The quantitative estimate of drug-likeness (QED) is 0.934. The van der Waals surface area contributed by atoms with Crippen molar-refractivity contribution in [1.29, 1.82) is 0 Å². The molecule has 2 aromatic rings. The van der Waals surface area contributed by atoms with Gasteiger partial charge in [0, 0.05) is 17.3 Å². The van der Waals surface area contributed by atoms with Crippen LogP contribution in [0.5, 0.6) is 0 Å². The fraction of sp³-hybridized carbons (Fsp3) is 0.462. The lowest BCUT2D eigenvalue weighted by atomic mass is 9.93. The largest absolute Gasteiger partial charge is 0.300 e. The number of anilines is 1. The first-order chi connectivity index (χ1) is 9.20. The summed E-state index contributed by atoms with van der Waals surface area (Å²) in [6.07, 6.45) is 6.74. The van der Waals surface area contributed by atoms with Crippen molar-refractivity contribution in [2.75, 3.05) is 5.32 Å². The molecule has 3 rings (SSSR count). The van der Waals surface area contributed by atoms with Gasteiger partial charge in [-0.15, -0.1) is 11.3 Å². The van der Waals surface area contributed by atoms with Crippen molar-refractivity contribution in [2.45, 2.75) is 32.7 Å². The van der Waals surface area contributed by atoms with E-state index in [9.17, 15) is 4.79 Å². The van der Waals surface area contributed by atoms with E-state index in [2.05, 4.69) is 22.3 Å². The fourth-order valence-corrected chi connectivity index (χ4v) is 3.48. The molecule has 0 saturated heterocycles. The Balaban J connectivity index is 1.65. The van der Waals surface area contributed by atoms with Crippen LogP contribution in [0.15, 0.2) is 18.5 Å². The minimum Gasteiger partial charge on any atom is -0.300 e. The van der Waals surface area contributed by atoms with E-state index in [0.717, 1.165) is 29.6 Å². The summed E-state index contributed by atoms with van der Waals surface area (Å²) < 4.78 is 1.60. The first-order valence-electron chi connectivity index (χ1n) is 6.46. The molecule has 1 N–H and O–H groups in total. The predicted octanol–water partition coefficient (Wildman–Crippen LogP) is 2.10. The molecule has 1 aliphatic rings. The van der Waals surface area contributed by atoms with Crippen LogP contribution in [0.4, 0.5) is 5.13 Å². The number of aryl methyl sites for hydroxylation is 1. The van der Waals surface area contributed by atoms with E-state index in [0.29, 0.717) is 0 Å². The molecule has 100 valence electrons. The van der Waals surface area contributed by atoms with Gasteiger partial charge in [0.05, 0.1) is 5.69 Å². The second-order valence-corrected chi connectivity index (χ2v) is 6.07. The summed E-state index contributed by atoms with van der Waals surface area (Å²) in [5, 5.41) is 7.59. The van der Waals surface area contributed by atoms with Gasteiger partial charge in [-0.05, 0) is 31.2 Å². The predicted molar refractivity (Wildman–Crippen MR) is 74.2 cm³/mol. The Kier molecular flexibility index (Phi) is 3.33. The lowest BCUT2D eigenvalue weighted by Crippen LogP contribution is -2.18. The number of amides is 1. The highest BCUT2D eigenvalue weighted by atomic mass is 32.1. The molecule has 2 heterocycles. The molecule has 6 heteroatoms. The molecule has 0 fully saturated rings. The molecular weight excluding hydrogens is 260 g/mol. The summed E-state index contributed by atoms with van der Waals surface area (Å²) in [6, 6.07) is 1.80. The van der Waals surface area contributed by atoms with Gasteiger partial charge in [-0.25, -0.2) is 4.98 Å². The van der Waals surface area contributed by atoms with Gasteiger partial charge < -0.3 is 5.32 Å². The lowest BCUT2D eigenvalue weighted by molar-refractivity contribution is -0.116. The Hall–Kier alpha value is -1.69. The molecule has 1 amide bonds. The molecule has 0 spiro atoms. The van der Waals surface area contributed by atoms with Gasteiger partial charge in [-0.2, -0.15) is 5.10 Å². The number of nitrogens with one attached hydrogen (secondary N) is 1. The summed E-state index contributed by atoms with van der Waals surface area (Å²) in [6.45, 7) is 2.49. The van der Waals surface area contributed by atoms with Crippen molar-refractivity contribution in [3.63, 3.8) is 0 Å². The molecule has 0 aliphatic heterocycles. The first-order valence-corrected chi connectivity index (χ1v) is 7.28. The van der Waals surface area contributed by atoms with Crippen LogP contribution in [-0.4, -0.2) is 20.7 Å². The summed E-state index contributed by atoms with van der Waals surface area (Å²) in [5.74, 6) is 0.642. The van der Waals surface area contributed by atoms with Crippen molar-refractivity contribution < 1.29 is 4.79 Å². The highest BCUT2D eigenvalue weighted by molar-refractivity contribution is 7.15. The summed E-state index contributed by atoms with van der Waals surface area (Å²) in [7, 11) is 0. The average Bonchev–Trinajstić information content (AvgIpc) is 2.97. The third kappa shape index (κ3) is 2.84. The maximum atomic E-state index is 11.9. The van der Waals surface area contributed by atoms with Gasteiger partial charge in [0.1, 0.15) is 6.54 Å². The van der Waals surface area contributed by atoms with Crippen molar-refractivity contribution in [1.82, 2.24) is 14.8 Å².